The molecule has 2 aromatic heterocycles. The van der Waals surface area contributed by atoms with Gasteiger partial charge < -0.3 is 5.32 Å². The number of aryl methyl sites for hydroxylation is 1. The van der Waals surface area contributed by atoms with Crippen LogP contribution in [0.4, 0.5) is 0 Å². The standard InChI is InChI=1S/C14H18N2S/c1-3-7-16-13(12-5-4-8-15-10-12)14-11(2)6-9-17-14/h4-6,8-10,13,16H,3,7H2,1-2H3. The summed E-state index contributed by atoms with van der Waals surface area (Å²) < 4.78 is 0. The van der Waals surface area contributed by atoms with Crippen LogP contribution in [0, 0.1) is 6.92 Å². The highest BCUT2D eigenvalue weighted by Crippen LogP contribution is 2.28. The molecule has 1 unspecified atom stereocenters. The molecule has 0 spiro atoms. The quantitative estimate of drug-likeness (QED) is 0.873. The molecule has 90 valence electrons. The van der Waals surface area contributed by atoms with E-state index >= 15 is 0 Å². The van der Waals surface area contributed by atoms with E-state index in [-0.39, 0.29) is 6.04 Å². The van der Waals surface area contributed by atoms with E-state index in [1.165, 1.54) is 16.0 Å². The SMILES string of the molecule is CCCNC(c1cccnc1)c1sccc1C. The van der Waals surface area contributed by atoms with Crippen molar-refractivity contribution < 1.29 is 0 Å². The van der Waals surface area contributed by atoms with Crippen molar-refractivity contribution in [2.45, 2.75) is 26.3 Å². The van der Waals surface area contributed by atoms with Crippen molar-refractivity contribution in [1.29, 1.82) is 0 Å². The minimum Gasteiger partial charge on any atom is -0.306 e. The first-order valence-corrected chi connectivity index (χ1v) is 6.88. The first kappa shape index (κ1) is 12.3. The topological polar surface area (TPSA) is 24.9 Å². The zero-order chi connectivity index (χ0) is 12.1. The molecule has 17 heavy (non-hydrogen) atoms. The molecular formula is C14H18N2S. The van der Waals surface area contributed by atoms with Gasteiger partial charge in [-0.05, 0) is 48.5 Å². The lowest BCUT2D eigenvalue weighted by molar-refractivity contribution is 0.602. The molecule has 0 aliphatic carbocycles. The van der Waals surface area contributed by atoms with E-state index < -0.39 is 0 Å². The second kappa shape index (κ2) is 5.94. The highest BCUT2D eigenvalue weighted by Gasteiger charge is 2.16. The molecule has 1 N–H and O–H groups in total. The molecule has 2 rings (SSSR count). The van der Waals surface area contributed by atoms with E-state index in [4.69, 9.17) is 0 Å². The minimum absolute atomic E-state index is 0.281. The summed E-state index contributed by atoms with van der Waals surface area (Å²) in [6.45, 7) is 5.38. The number of aromatic nitrogens is 1. The van der Waals surface area contributed by atoms with Crippen molar-refractivity contribution in [2.75, 3.05) is 6.54 Å². The van der Waals surface area contributed by atoms with Crippen molar-refractivity contribution in [2.24, 2.45) is 0 Å². The summed E-state index contributed by atoms with van der Waals surface area (Å²) in [7, 11) is 0. The lowest BCUT2D eigenvalue weighted by Crippen LogP contribution is -2.23. The van der Waals surface area contributed by atoms with Crippen LogP contribution in [0.25, 0.3) is 0 Å². The Morgan fingerprint density at radius 2 is 2.29 bits per heavy atom. The second-order valence-corrected chi connectivity index (χ2v) is 5.09. The zero-order valence-electron chi connectivity index (χ0n) is 10.3. The van der Waals surface area contributed by atoms with Gasteiger partial charge in [0.05, 0.1) is 6.04 Å². The fourth-order valence-electron chi connectivity index (χ4n) is 1.88. The van der Waals surface area contributed by atoms with Gasteiger partial charge in [0, 0.05) is 17.3 Å². The average Bonchev–Trinajstić information content (AvgIpc) is 2.78. The van der Waals surface area contributed by atoms with Gasteiger partial charge in [0.25, 0.3) is 0 Å². The van der Waals surface area contributed by atoms with Gasteiger partial charge in [0.15, 0.2) is 0 Å². The van der Waals surface area contributed by atoms with Gasteiger partial charge in [-0.15, -0.1) is 11.3 Å². The van der Waals surface area contributed by atoms with Crippen molar-refractivity contribution >= 4 is 11.3 Å². The Hall–Kier alpha value is -1.19. The molecule has 2 aromatic rings. The van der Waals surface area contributed by atoms with Gasteiger partial charge in [-0.1, -0.05) is 13.0 Å². The molecule has 0 aliphatic heterocycles. The monoisotopic (exact) mass is 246 g/mol. The number of rotatable bonds is 5. The van der Waals surface area contributed by atoms with Crippen molar-refractivity contribution in [3.05, 3.63) is 52.0 Å². The van der Waals surface area contributed by atoms with Crippen molar-refractivity contribution in [3.63, 3.8) is 0 Å². The highest BCUT2D eigenvalue weighted by molar-refractivity contribution is 7.10. The zero-order valence-corrected chi connectivity index (χ0v) is 11.1. The summed E-state index contributed by atoms with van der Waals surface area (Å²) in [4.78, 5) is 5.61. The van der Waals surface area contributed by atoms with Crippen molar-refractivity contribution in [1.82, 2.24) is 10.3 Å². The Balaban J connectivity index is 2.29. The Bertz CT molecular complexity index is 450. The molecule has 3 heteroatoms. The molecule has 0 aromatic carbocycles. The molecule has 0 bridgehead atoms. The Labute approximate surface area is 107 Å². The summed E-state index contributed by atoms with van der Waals surface area (Å²) in [6, 6.07) is 6.60. The fourth-order valence-corrected chi connectivity index (χ4v) is 2.91. The summed E-state index contributed by atoms with van der Waals surface area (Å²) in [5, 5.41) is 5.75. The van der Waals surface area contributed by atoms with E-state index in [9.17, 15) is 0 Å². The molecule has 0 amide bonds. The van der Waals surface area contributed by atoms with Crippen LogP contribution in [0.5, 0.6) is 0 Å². The van der Waals surface area contributed by atoms with Gasteiger partial charge in [0.1, 0.15) is 0 Å². The van der Waals surface area contributed by atoms with Crippen molar-refractivity contribution in [3.8, 4) is 0 Å². The number of nitrogens with zero attached hydrogens (tertiary/aromatic N) is 1. The normalized spacial score (nSPS) is 12.6. The third kappa shape index (κ3) is 2.93. The maximum Gasteiger partial charge on any atom is 0.0688 e. The Morgan fingerprint density at radius 1 is 1.41 bits per heavy atom. The number of thiophene rings is 1. The Morgan fingerprint density at radius 3 is 2.88 bits per heavy atom. The number of nitrogens with one attached hydrogen (secondary N) is 1. The van der Waals surface area contributed by atoms with Gasteiger partial charge in [-0.2, -0.15) is 0 Å². The molecule has 0 radical (unpaired) electrons. The largest absolute Gasteiger partial charge is 0.306 e. The third-order valence-corrected chi connectivity index (χ3v) is 3.86. The molecule has 0 aliphatic rings. The van der Waals surface area contributed by atoms with Crippen LogP contribution in [0.15, 0.2) is 36.0 Å². The van der Waals surface area contributed by atoms with Gasteiger partial charge in [-0.3, -0.25) is 4.98 Å². The molecule has 0 saturated carbocycles. The van der Waals surface area contributed by atoms with E-state index in [2.05, 4.69) is 41.7 Å². The first-order valence-electron chi connectivity index (χ1n) is 6.00. The highest BCUT2D eigenvalue weighted by atomic mass is 32.1. The number of pyridine rings is 1. The summed E-state index contributed by atoms with van der Waals surface area (Å²) in [5.41, 5.74) is 2.60. The maximum atomic E-state index is 4.22. The van der Waals surface area contributed by atoms with E-state index in [0.717, 1.165) is 13.0 Å². The van der Waals surface area contributed by atoms with Gasteiger partial charge in [-0.25, -0.2) is 0 Å². The molecule has 0 saturated heterocycles. The maximum absolute atomic E-state index is 4.22. The predicted molar refractivity (Wildman–Crippen MR) is 73.4 cm³/mol. The summed E-state index contributed by atoms with van der Waals surface area (Å²) in [6.07, 6.45) is 4.91. The lowest BCUT2D eigenvalue weighted by atomic mass is 10.0. The Kier molecular flexibility index (Phi) is 4.29. The van der Waals surface area contributed by atoms with E-state index in [0.29, 0.717) is 0 Å². The molecule has 2 heterocycles. The molecule has 2 nitrogen and oxygen atoms in total. The van der Waals surface area contributed by atoms with Crippen LogP contribution in [0.1, 0.15) is 35.4 Å². The smallest absolute Gasteiger partial charge is 0.0688 e. The number of hydrogen-bond donors (Lipinski definition) is 1. The summed E-state index contributed by atoms with van der Waals surface area (Å²) in [5.74, 6) is 0. The minimum atomic E-state index is 0.281. The second-order valence-electron chi connectivity index (χ2n) is 4.14. The number of hydrogen-bond acceptors (Lipinski definition) is 3. The van der Waals surface area contributed by atoms with Crippen LogP contribution in [0.2, 0.25) is 0 Å². The fraction of sp³-hybridized carbons (Fsp3) is 0.357. The lowest BCUT2D eigenvalue weighted by Gasteiger charge is -2.18. The van der Waals surface area contributed by atoms with E-state index in [1.54, 1.807) is 0 Å². The van der Waals surface area contributed by atoms with E-state index in [1.807, 2.05) is 29.8 Å². The molecule has 0 fully saturated rings. The first-order chi connectivity index (χ1) is 8.33. The average molecular weight is 246 g/mol. The third-order valence-electron chi connectivity index (χ3n) is 2.78. The van der Waals surface area contributed by atoms with Crippen LogP contribution in [0.3, 0.4) is 0 Å². The van der Waals surface area contributed by atoms with Gasteiger partial charge in [0.2, 0.25) is 0 Å². The molecule has 1 atom stereocenters. The predicted octanol–water partition coefficient (Wildman–Crippen LogP) is 3.54. The van der Waals surface area contributed by atoms with Crippen LogP contribution >= 0.6 is 11.3 Å². The van der Waals surface area contributed by atoms with Crippen LogP contribution < -0.4 is 5.32 Å². The van der Waals surface area contributed by atoms with Gasteiger partial charge >= 0.3 is 0 Å². The molecular weight excluding hydrogens is 228 g/mol. The van der Waals surface area contributed by atoms with Crippen LogP contribution in [-0.2, 0) is 0 Å². The summed E-state index contributed by atoms with van der Waals surface area (Å²) >= 11 is 1.81. The van der Waals surface area contributed by atoms with Crippen LogP contribution in [-0.4, -0.2) is 11.5 Å².